The van der Waals surface area contributed by atoms with Crippen molar-refractivity contribution < 1.29 is 9.18 Å². The van der Waals surface area contributed by atoms with Crippen LogP contribution in [0.4, 0.5) is 9.52 Å². The summed E-state index contributed by atoms with van der Waals surface area (Å²) in [5, 5.41) is 13.8. The first kappa shape index (κ1) is 17.6. The van der Waals surface area contributed by atoms with Gasteiger partial charge in [-0.15, -0.1) is 21.5 Å². The van der Waals surface area contributed by atoms with Crippen molar-refractivity contribution >= 4 is 34.1 Å². The molecule has 9 heteroatoms. The number of carbonyl (C=O) groups excluding carboxylic acids is 1. The molecule has 1 amide bonds. The van der Waals surface area contributed by atoms with Crippen LogP contribution in [0.5, 0.6) is 0 Å². The molecule has 0 aliphatic carbocycles. The van der Waals surface area contributed by atoms with Gasteiger partial charge in [0.2, 0.25) is 5.91 Å². The second kappa shape index (κ2) is 7.32. The molecule has 2 aromatic heterocycles. The van der Waals surface area contributed by atoms with Crippen molar-refractivity contribution in [3.05, 3.63) is 41.2 Å². The second-order valence-electron chi connectivity index (χ2n) is 5.42. The summed E-state index contributed by atoms with van der Waals surface area (Å²) >= 11 is 2.69. The summed E-state index contributed by atoms with van der Waals surface area (Å²) < 4.78 is 14.8. The van der Waals surface area contributed by atoms with Gasteiger partial charge in [0, 0.05) is 18.0 Å². The number of nitrogens with zero attached hydrogens (tertiary/aromatic N) is 4. The van der Waals surface area contributed by atoms with Crippen LogP contribution in [0.2, 0.25) is 0 Å². The number of amides is 1. The van der Waals surface area contributed by atoms with Crippen molar-refractivity contribution in [1.29, 1.82) is 0 Å². The third-order valence-electron chi connectivity index (χ3n) is 3.44. The Balaban J connectivity index is 1.70. The fourth-order valence-electron chi connectivity index (χ4n) is 2.10. The molecule has 0 saturated carbocycles. The first-order chi connectivity index (χ1) is 11.9. The number of benzene rings is 1. The maximum absolute atomic E-state index is 13.1. The summed E-state index contributed by atoms with van der Waals surface area (Å²) in [5.74, 6) is 0.166. The Morgan fingerprint density at radius 3 is 2.68 bits per heavy atom. The van der Waals surface area contributed by atoms with E-state index in [1.165, 1.54) is 35.2 Å². The van der Waals surface area contributed by atoms with Crippen molar-refractivity contribution in [2.75, 3.05) is 5.32 Å². The van der Waals surface area contributed by atoms with Crippen LogP contribution in [0.1, 0.15) is 12.6 Å². The minimum Gasteiger partial charge on any atom is -0.305 e. The lowest BCUT2D eigenvalue weighted by Crippen LogP contribution is -2.22. The number of hydrogen-bond donors (Lipinski definition) is 1. The molecule has 0 spiro atoms. The quantitative estimate of drug-likeness (QED) is 0.689. The number of anilines is 1. The van der Waals surface area contributed by atoms with E-state index in [2.05, 4.69) is 20.5 Å². The van der Waals surface area contributed by atoms with Gasteiger partial charge in [-0.1, -0.05) is 11.8 Å². The van der Waals surface area contributed by atoms with Gasteiger partial charge in [0.05, 0.1) is 10.9 Å². The van der Waals surface area contributed by atoms with Crippen molar-refractivity contribution in [2.24, 2.45) is 7.05 Å². The van der Waals surface area contributed by atoms with E-state index in [0.717, 1.165) is 11.3 Å². The van der Waals surface area contributed by atoms with Crippen LogP contribution in [0, 0.1) is 12.7 Å². The number of carbonyl (C=O) groups is 1. The van der Waals surface area contributed by atoms with E-state index in [1.807, 2.05) is 19.4 Å². The molecule has 6 nitrogen and oxygen atoms in total. The molecule has 3 rings (SSSR count). The van der Waals surface area contributed by atoms with Crippen molar-refractivity contribution in [3.63, 3.8) is 0 Å². The summed E-state index contributed by atoms with van der Waals surface area (Å²) in [6, 6.07) is 6.05. The van der Waals surface area contributed by atoms with Gasteiger partial charge in [0.25, 0.3) is 0 Å². The van der Waals surface area contributed by atoms with E-state index in [-0.39, 0.29) is 17.0 Å². The monoisotopic (exact) mass is 377 g/mol. The largest absolute Gasteiger partial charge is 0.305 e. The molecule has 0 aliphatic rings. The highest BCUT2D eigenvalue weighted by Gasteiger charge is 2.20. The summed E-state index contributed by atoms with van der Waals surface area (Å²) in [6.45, 7) is 3.67. The Morgan fingerprint density at radius 1 is 1.32 bits per heavy atom. The molecule has 3 aromatic rings. The summed E-state index contributed by atoms with van der Waals surface area (Å²) in [6.07, 6.45) is 0. The number of nitrogens with one attached hydrogen (secondary N) is 1. The number of aromatic nitrogens is 4. The van der Waals surface area contributed by atoms with Crippen molar-refractivity contribution in [1.82, 2.24) is 19.7 Å². The van der Waals surface area contributed by atoms with E-state index in [4.69, 9.17) is 0 Å². The molecule has 0 saturated heterocycles. The van der Waals surface area contributed by atoms with Gasteiger partial charge in [0.15, 0.2) is 16.1 Å². The molecule has 25 heavy (non-hydrogen) atoms. The van der Waals surface area contributed by atoms with E-state index >= 15 is 0 Å². The molecule has 1 N–H and O–H groups in total. The molecular weight excluding hydrogens is 361 g/mol. The number of halogens is 1. The number of rotatable bonds is 5. The minimum absolute atomic E-state index is 0.148. The lowest BCUT2D eigenvalue weighted by Gasteiger charge is -2.10. The standard InChI is InChI=1S/C16H16FN5OS2/c1-9-8-24-15(18-9)19-14(23)10(2)25-16-21-20-13(22(16)3)11-4-6-12(17)7-5-11/h4-8,10H,1-3H3,(H,18,19,23)/t10-/m0/s1. The normalized spacial score (nSPS) is 12.2. The van der Waals surface area contributed by atoms with Crippen LogP contribution in [0.3, 0.4) is 0 Å². The molecule has 1 atom stereocenters. The molecule has 2 heterocycles. The van der Waals surface area contributed by atoms with Crippen LogP contribution in [0.25, 0.3) is 11.4 Å². The minimum atomic E-state index is -0.367. The molecule has 0 bridgehead atoms. The van der Waals surface area contributed by atoms with Gasteiger partial charge in [-0.3, -0.25) is 4.79 Å². The molecule has 0 unspecified atom stereocenters. The number of thioether (sulfide) groups is 1. The van der Waals surface area contributed by atoms with Crippen LogP contribution < -0.4 is 5.32 Å². The second-order valence-corrected chi connectivity index (χ2v) is 7.58. The van der Waals surface area contributed by atoms with Gasteiger partial charge in [0.1, 0.15) is 5.82 Å². The topological polar surface area (TPSA) is 72.7 Å². The highest BCUT2D eigenvalue weighted by Crippen LogP contribution is 2.26. The maximum Gasteiger partial charge on any atom is 0.239 e. The Kier molecular flexibility index (Phi) is 5.14. The predicted octanol–water partition coefficient (Wildman–Crippen LogP) is 3.51. The van der Waals surface area contributed by atoms with Gasteiger partial charge in [-0.2, -0.15) is 0 Å². The summed E-state index contributed by atoms with van der Waals surface area (Å²) in [7, 11) is 1.82. The molecular formula is C16H16FN5OS2. The van der Waals surface area contributed by atoms with E-state index < -0.39 is 0 Å². The average Bonchev–Trinajstić information content (AvgIpc) is 3.15. The van der Waals surface area contributed by atoms with Crippen molar-refractivity contribution in [2.45, 2.75) is 24.3 Å². The number of thiazole rings is 1. The Bertz CT molecular complexity index is 890. The first-order valence-electron chi connectivity index (χ1n) is 7.49. The summed E-state index contributed by atoms with van der Waals surface area (Å²) in [5.41, 5.74) is 1.64. The lowest BCUT2D eigenvalue weighted by molar-refractivity contribution is -0.115. The van der Waals surface area contributed by atoms with Crippen LogP contribution >= 0.6 is 23.1 Å². The van der Waals surface area contributed by atoms with Crippen LogP contribution in [-0.2, 0) is 11.8 Å². The number of hydrogen-bond acceptors (Lipinski definition) is 6. The van der Waals surface area contributed by atoms with Crippen LogP contribution in [-0.4, -0.2) is 30.9 Å². The van der Waals surface area contributed by atoms with Gasteiger partial charge < -0.3 is 9.88 Å². The SMILES string of the molecule is Cc1csc(NC(=O)[C@H](C)Sc2nnc(-c3ccc(F)cc3)n2C)n1. The Morgan fingerprint density at radius 2 is 2.04 bits per heavy atom. The third kappa shape index (κ3) is 4.05. The third-order valence-corrected chi connectivity index (χ3v) is 5.45. The zero-order valence-corrected chi connectivity index (χ0v) is 15.5. The van der Waals surface area contributed by atoms with E-state index in [9.17, 15) is 9.18 Å². The molecule has 0 radical (unpaired) electrons. The molecule has 0 aliphatic heterocycles. The Hall–Kier alpha value is -2.26. The number of aryl methyl sites for hydroxylation is 1. The zero-order valence-electron chi connectivity index (χ0n) is 13.9. The average molecular weight is 377 g/mol. The molecule has 130 valence electrons. The Labute approximate surface area is 152 Å². The van der Waals surface area contributed by atoms with E-state index in [0.29, 0.717) is 16.1 Å². The summed E-state index contributed by atoms with van der Waals surface area (Å²) in [4.78, 5) is 16.5. The highest BCUT2D eigenvalue weighted by molar-refractivity contribution is 8.00. The fraction of sp³-hybridized carbons (Fsp3) is 0.250. The first-order valence-corrected chi connectivity index (χ1v) is 9.25. The maximum atomic E-state index is 13.1. The van der Waals surface area contributed by atoms with Crippen molar-refractivity contribution in [3.8, 4) is 11.4 Å². The smallest absolute Gasteiger partial charge is 0.239 e. The van der Waals surface area contributed by atoms with E-state index in [1.54, 1.807) is 23.6 Å². The van der Waals surface area contributed by atoms with Gasteiger partial charge >= 0.3 is 0 Å². The lowest BCUT2D eigenvalue weighted by atomic mass is 10.2. The van der Waals surface area contributed by atoms with Gasteiger partial charge in [-0.05, 0) is 38.1 Å². The molecule has 1 aromatic carbocycles. The molecule has 0 fully saturated rings. The van der Waals surface area contributed by atoms with Crippen LogP contribution in [0.15, 0.2) is 34.8 Å². The van der Waals surface area contributed by atoms with Gasteiger partial charge in [-0.25, -0.2) is 9.37 Å². The zero-order chi connectivity index (χ0) is 18.0. The predicted molar refractivity (Wildman–Crippen MR) is 97.2 cm³/mol. The fourth-order valence-corrected chi connectivity index (χ4v) is 3.60. The highest BCUT2D eigenvalue weighted by atomic mass is 32.2.